The second kappa shape index (κ2) is 16.8. The van der Waals surface area contributed by atoms with Crippen molar-refractivity contribution >= 4 is 58.8 Å². The van der Waals surface area contributed by atoms with Gasteiger partial charge in [0.25, 0.3) is 11.8 Å². The minimum absolute atomic E-state index is 0.0808. The SMILES string of the molecule is COc1ccc(OC)c(C=Cc2ccc(N3C(=O)C4CC=C5C(CC6C(=O)N(Nc7ccc(F)cc7)C(=O)C6(c6ccc(Cl)cc6)C5c5ccc(OCCO)cc5)C4C3=O)cc2)c1. The van der Waals surface area contributed by atoms with Gasteiger partial charge in [0.1, 0.15) is 29.7 Å². The van der Waals surface area contributed by atoms with Gasteiger partial charge in [-0.2, -0.15) is 5.01 Å². The molecule has 4 aliphatic rings. The molecule has 3 fully saturated rings. The first kappa shape index (κ1) is 41.6. The van der Waals surface area contributed by atoms with Gasteiger partial charge in [-0.05, 0) is 114 Å². The summed E-state index contributed by atoms with van der Waals surface area (Å²) in [5.74, 6) is -4.22. The Labute approximate surface area is 368 Å². The quantitative estimate of drug-likeness (QED) is 0.0723. The van der Waals surface area contributed by atoms with Crippen LogP contribution in [0.15, 0.2) is 127 Å². The Morgan fingerprint density at radius 1 is 0.810 bits per heavy atom. The van der Waals surface area contributed by atoms with E-state index in [1.807, 2.05) is 60.7 Å². The number of halogens is 2. The summed E-state index contributed by atoms with van der Waals surface area (Å²) in [6.45, 7) is -0.0985. The molecule has 63 heavy (non-hydrogen) atoms. The van der Waals surface area contributed by atoms with E-state index in [0.29, 0.717) is 44.8 Å². The van der Waals surface area contributed by atoms with Crippen molar-refractivity contribution in [2.45, 2.75) is 24.2 Å². The Morgan fingerprint density at radius 2 is 1.52 bits per heavy atom. The van der Waals surface area contributed by atoms with Gasteiger partial charge in [0.15, 0.2) is 0 Å². The predicted molar refractivity (Wildman–Crippen MR) is 235 cm³/mol. The molecule has 2 saturated heterocycles. The fourth-order valence-corrected chi connectivity index (χ4v) is 10.2. The van der Waals surface area contributed by atoms with Gasteiger partial charge >= 0.3 is 0 Å². The van der Waals surface area contributed by atoms with E-state index in [9.17, 15) is 23.9 Å². The van der Waals surface area contributed by atoms with E-state index in [1.54, 1.807) is 62.8 Å². The van der Waals surface area contributed by atoms with Crippen LogP contribution in [0.1, 0.15) is 41.0 Å². The first-order chi connectivity index (χ1) is 30.6. The highest BCUT2D eigenvalue weighted by molar-refractivity contribution is 6.30. The van der Waals surface area contributed by atoms with Crippen molar-refractivity contribution in [3.63, 3.8) is 0 Å². The summed E-state index contributed by atoms with van der Waals surface area (Å²) in [7, 11) is 3.19. The molecule has 11 nitrogen and oxygen atoms in total. The van der Waals surface area contributed by atoms with Gasteiger partial charge in [0, 0.05) is 16.5 Å². The molecule has 0 spiro atoms. The van der Waals surface area contributed by atoms with Gasteiger partial charge in [-0.1, -0.05) is 71.8 Å². The van der Waals surface area contributed by atoms with Gasteiger partial charge < -0.3 is 19.3 Å². The topological polar surface area (TPSA) is 135 Å². The van der Waals surface area contributed by atoms with E-state index in [-0.39, 0.29) is 37.9 Å². The fraction of sp³-hybridized carbons (Fsp3) is 0.240. The third-order valence-electron chi connectivity index (χ3n) is 12.9. The summed E-state index contributed by atoms with van der Waals surface area (Å²) in [5.41, 5.74) is 5.87. The minimum Gasteiger partial charge on any atom is -0.497 e. The molecule has 5 aromatic carbocycles. The van der Waals surface area contributed by atoms with E-state index in [2.05, 4.69) is 5.43 Å². The number of nitrogens with zero attached hydrogens (tertiary/aromatic N) is 2. The largest absolute Gasteiger partial charge is 0.497 e. The number of carbonyl (C=O) groups excluding carboxylic acids is 4. The number of allylic oxidation sites excluding steroid dienone is 2. The van der Waals surface area contributed by atoms with Crippen molar-refractivity contribution in [1.29, 1.82) is 0 Å². The van der Waals surface area contributed by atoms with Crippen LogP contribution in [0.25, 0.3) is 12.2 Å². The Morgan fingerprint density at radius 3 is 2.21 bits per heavy atom. The molecule has 0 radical (unpaired) electrons. The van der Waals surface area contributed by atoms with Gasteiger partial charge in [-0.3, -0.25) is 29.5 Å². The van der Waals surface area contributed by atoms with Gasteiger partial charge in [-0.25, -0.2) is 4.39 Å². The molecule has 5 aromatic rings. The minimum atomic E-state index is -1.53. The maximum atomic E-state index is 15.4. The number of hydrogen-bond donors (Lipinski definition) is 2. The number of hydrogen-bond acceptors (Lipinski definition) is 9. The van der Waals surface area contributed by atoms with E-state index in [1.165, 1.54) is 29.2 Å². The van der Waals surface area contributed by atoms with Gasteiger partial charge in [0.2, 0.25) is 11.8 Å². The smallest absolute Gasteiger partial charge is 0.260 e. The molecule has 320 valence electrons. The number of methoxy groups -OCH3 is 2. The first-order valence-corrected chi connectivity index (χ1v) is 21.0. The Kier molecular flexibility index (Phi) is 11.1. The van der Waals surface area contributed by atoms with Crippen molar-refractivity contribution in [2.75, 3.05) is 37.8 Å². The Balaban J connectivity index is 1.10. The lowest BCUT2D eigenvalue weighted by atomic mass is 9.49. The summed E-state index contributed by atoms with van der Waals surface area (Å²) in [4.78, 5) is 60.9. The molecule has 1 saturated carbocycles. The van der Waals surface area contributed by atoms with Crippen LogP contribution in [0.2, 0.25) is 5.02 Å². The van der Waals surface area contributed by atoms with E-state index < -0.39 is 52.6 Å². The molecular weight excluding hydrogens is 825 g/mol. The number of imide groups is 2. The van der Waals surface area contributed by atoms with Crippen molar-refractivity contribution in [3.05, 3.63) is 160 Å². The highest BCUT2D eigenvalue weighted by Gasteiger charge is 2.70. The molecule has 9 rings (SSSR count). The van der Waals surface area contributed by atoms with Crippen LogP contribution in [-0.2, 0) is 24.6 Å². The highest BCUT2D eigenvalue weighted by atomic mass is 35.5. The first-order valence-electron chi connectivity index (χ1n) is 20.7. The van der Waals surface area contributed by atoms with Crippen molar-refractivity contribution in [2.24, 2.45) is 23.7 Å². The zero-order valence-electron chi connectivity index (χ0n) is 34.4. The van der Waals surface area contributed by atoms with Crippen molar-refractivity contribution in [3.8, 4) is 17.2 Å². The standard InChI is InChI=1S/C50H43ClFN3O8/c1-61-38-21-24-43(62-2)31(27-38)6-3-29-4-17-36(18-5-29)54-46(57)40-23-22-39-41(44(40)48(54)59)28-42-47(58)55(53-35-15-13-34(52)14-16-35)49(60)50(42,32-9-11-33(51)12-10-32)45(39)30-7-19-37(20-8-30)63-26-25-56/h3-22,24,27,40-42,44-45,53,56H,23,25-26,28H2,1-2H3. The summed E-state index contributed by atoms with van der Waals surface area (Å²) in [5, 5.41) is 10.9. The van der Waals surface area contributed by atoms with Crippen LogP contribution < -0.4 is 24.5 Å². The third-order valence-corrected chi connectivity index (χ3v) is 13.1. The molecule has 6 atom stereocenters. The third kappa shape index (κ3) is 7.13. The summed E-state index contributed by atoms with van der Waals surface area (Å²) in [6, 6.07) is 32.1. The molecule has 2 heterocycles. The number of nitrogens with one attached hydrogen (secondary N) is 1. The predicted octanol–water partition coefficient (Wildman–Crippen LogP) is 8.23. The number of rotatable bonds is 12. The number of aliphatic hydroxyl groups excluding tert-OH is 1. The number of fused-ring (bicyclic) bond motifs is 4. The number of carbonyl (C=O) groups is 4. The number of ether oxygens (including phenoxy) is 3. The normalized spacial score (nSPS) is 24.0. The molecule has 2 aliphatic carbocycles. The molecule has 13 heteroatoms. The van der Waals surface area contributed by atoms with Crippen LogP contribution in [0.5, 0.6) is 17.2 Å². The van der Waals surface area contributed by atoms with Crippen LogP contribution in [0.3, 0.4) is 0 Å². The zero-order chi connectivity index (χ0) is 44.0. The summed E-state index contributed by atoms with van der Waals surface area (Å²) < 4.78 is 30.6. The Bertz CT molecular complexity index is 2650. The monoisotopic (exact) mass is 867 g/mol. The zero-order valence-corrected chi connectivity index (χ0v) is 35.1. The number of benzene rings is 5. The number of aliphatic hydroxyl groups is 1. The lowest BCUT2D eigenvalue weighted by molar-refractivity contribution is -0.138. The molecular formula is C50H43ClFN3O8. The van der Waals surface area contributed by atoms with E-state index >= 15 is 4.79 Å². The molecule has 0 aromatic heterocycles. The summed E-state index contributed by atoms with van der Waals surface area (Å²) in [6.07, 6.45) is 6.13. The molecule has 0 bridgehead atoms. The van der Waals surface area contributed by atoms with Crippen molar-refractivity contribution in [1.82, 2.24) is 5.01 Å². The van der Waals surface area contributed by atoms with Gasteiger partial charge in [-0.15, -0.1) is 0 Å². The number of anilines is 2. The Hall–Kier alpha value is -6.76. The molecule has 2 aliphatic heterocycles. The maximum absolute atomic E-state index is 15.4. The number of hydrazine groups is 1. The van der Waals surface area contributed by atoms with E-state index in [4.69, 9.17) is 25.8 Å². The second-order valence-corrected chi connectivity index (χ2v) is 16.5. The number of amides is 4. The van der Waals surface area contributed by atoms with Crippen LogP contribution in [0, 0.1) is 29.5 Å². The van der Waals surface area contributed by atoms with Crippen LogP contribution in [0.4, 0.5) is 15.8 Å². The summed E-state index contributed by atoms with van der Waals surface area (Å²) >= 11 is 6.42. The maximum Gasteiger partial charge on any atom is 0.260 e. The van der Waals surface area contributed by atoms with Crippen molar-refractivity contribution < 1.29 is 42.9 Å². The van der Waals surface area contributed by atoms with Gasteiger partial charge in [0.05, 0.1) is 55.4 Å². The molecule has 4 amide bonds. The van der Waals surface area contributed by atoms with E-state index in [0.717, 1.165) is 21.7 Å². The second-order valence-electron chi connectivity index (χ2n) is 16.1. The fourth-order valence-electron chi connectivity index (χ4n) is 10.1. The molecule has 6 unspecified atom stereocenters. The lowest BCUT2D eigenvalue weighted by Gasteiger charge is -2.50. The van der Waals surface area contributed by atoms with Crippen LogP contribution >= 0.6 is 11.6 Å². The average Bonchev–Trinajstić information content (AvgIpc) is 3.69. The highest BCUT2D eigenvalue weighted by Crippen LogP contribution is 2.64. The lowest BCUT2D eigenvalue weighted by Crippen LogP contribution is -2.53. The van der Waals surface area contributed by atoms with Crippen LogP contribution in [-0.4, -0.2) is 61.2 Å². The molecule has 2 N–H and O–H groups in total. The average molecular weight is 868 g/mol.